The normalized spacial score (nSPS) is 15.4. The molecule has 0 aliphatic carbocycles. The van der Waals surface area contributed by atoms with Gasteiger partial charge in [-0.15, -0.1) is 0 Å². The summed E-state index contributed by atoms with van der Waals surface area (Å²) in [5, 5.41) is 11.0. The smallest absolute Gasteiger partial charge is 0.407 e. The van der Waals surface area contributed by atoms with Gasteiger partial charge in [0, 0.05) is 36.0 Å². The van der Waals surface area contributed by atoms with E-state index >= 15 is 0 Å². The lowest BCUT2D eigenvalue weighted by Crippen LogP contribution is -2.37. The fourth-order valence-electron chi connectivity index (χ4n) is 2.70. The van der Waals surface area contributed by atoms with Crippen LogP contribution in [0, 0.1) is 17.8 Å². The third-order valence-corrected chi connectivity index (χ3v) is 4.00. The number of piperidine rings is 1. The fourth-order valence-corrected chi connectivity index (χ4v) is 2.70. The van der Waals surface area contributed by atoms with Gasteiger partial charge >= 0.3 is 6.09 Å². The minimum Gasteiger partial charge on any atom is -0.465 e. The number of carbonyl (C=O) groups is 1. The molecule has 112 valence electrons. The molecule has 1 fully saturated rings. The first kappa shape index (κ1) is 14.2. The van der Waals surface area contributed by atoms with Gasteiger partial charge in [0.15, 0.2) is 0 Å². The summed E-state index contributed by atoms with van der Waals surface area (Å²) in [4.78, 5) is 16.5. The van der Waals surface area contributed by atoms with Crippen LogP contribution >= 0.6 is 0 Å². The van der Waals surface area contributed by atoms with Crippen molar-refractivity contribution in [1.82, 2.24) is 9.88 Å². The van der Waals surface area contributed by atoms with Crippen LogP contribution in [0.4, 0.5) is 10.6 Å². The van der Waals surface area contributed by atoms with Crippen LogP contribution in [0.2, 0.25) is 0 Å². The number of anilines is 1. The molecule has 1 saturated heterocycles. The third-order valence-electron chi connectivity index (χ3n) is 4.00. The van der Waals surface area contributed by atoms with E-state index in [4.69, 9.17) is 10.8 Å². The second-order valence-electron chi connectivity index (χ2n) is 5.42. The number of amides is 1. The number of hydrogen-bond donors (Lipinski definition) is 2. The molecule has 0 radical (unpaired) electrons. The van der Waals surface area contributed by atoms with E-state index < -0.39 is 6.09 Å². The number of pyridine rings is 1. The Morgan fingerprint density at radius 1 is 1.32 bits per heavy atom. The summed E-state index contributed by atoms with van der Waals surface area (Å²) >= 11 is 0. The van der Waals surface area contributed by atoms with Gasteiger partial charge in [0.25, 0.3) is 0 Å². The first-order chi connectivity index (χ1) is 10.6. The van der Waals surface area contributed by atoms with Crippen LogP contribution in [0.5, 0.6) is 0 Å². The van der Waals surface area contributed by atoms with Gasteiger partial charge in [0.05, 0.1) is 5.56 Å². The zero-order valence-corrected chi connectivity index (χ0v) is 12.1. The second-order valence-corrected chi connectivity index (χ2v) is 5.42. The summed E-state index contributed by atoms with van der Waals surface area (Å²) in [7, 11) is 0. The second kappa shape index (κ2) is 5.94. The Bertz CT molecular complexity index is 768. The fraction of sp³-hybridized carbons (Fsp3) is 0.294. The van der Waals surface area contributed by atoms with Crippen molar-refractivity contribution in [2.24, 2.45) is 5.92 Å². The summed E-state index contributed by atoms with van der Waals surface area (Å²) in [5.41, 5.74) is 6.73. The Balaban J connectivity index is 1.83. The van der Waals surface area contributed by atoms with Crippen molar-refractivity contribution in [1.29, 1.82) is 0 Å². The molecule has 5 nitrogen and oxygen atoms in total. The van der Waals surface area contributed by atoms with Crippen LogP contribution in [0.25, 0.3) is 10.8 Å². The number of hydrogen-bond acceptors (Lipinski definition) is 3. The predicted molar refractivity (Wildman–Crippen MR) is 85.4 cm³/mol. The van der Waals surface area contributed by atoms with E-state index in [1.54, 1.807) is 6.20 Å². The SMILES string of the molecule is Nc1ncc2ccccc2c1C#CC1CCN(C(=O)O)CC1. The zero-order chi connectivity index (χ0) is 15.5. The standard InChI is InChI=1S/C17H17N3O2/c18-16-15(14-4-2-1-3-13(14)11-19-16)6-5-12-7-9-20(10-8-12)17(21)22/h1-4,11-12H,7-10H2,(H2,18,19)(H,21,22). The highest BCUT2D eigenvalue weighted by Gasteiger charge is 2.20. The Morgan fingerprint density at radius 2 is 2.05 bits per heavy atom. The molecule has 1 aliphatic rings. The molecule has 3 rings (SSSR count). The number of benzene rings is 1. The average molecular weight is 295 g/mol. The molecule has 0 spiro atoms. The molecule has 1 aromatic heterocycles. The maximum atomic E-state index is 10.9. The van der Waals surface area contributed by atoms with E-state index in [0.29, 0.717) is 18.9 Å². The van der Waals surface area contributed by atoms with Crippen LogP contribution < -0.4 is 5.73 Å². The molecular formula is C17H17N3O2. The van der Waals surface area contributed by atoms with Gasteiger partial charge in [-0.05, 0) is 12.8 Å². The van der Waals surface area contributed by atoms with Gasteiger partial charge in [0.1, 0.15) is 5.82 Å². The lowest BCUT2D eigenvalue weighted by atomic mass is 9.97. The van der Waals surface area contributed by atoms with E-state index in [1.165, 1.54) is 4.90 Å². The maximum Gasteiger partial charge on any atom is 0.407 e. The van der Waals surface area contributed by atoms with Crippen LogP contribution in [-0.2, 0) is 0 Å². The van der Waals surface area contributed by atoms with E-state index in [2.05, 4.69) is 16.8 Å². The Labute approximate surface area is 128 Å². The van der Waals surface area contributed by atoms with Crippen LogP contribution in [0.1, 0.15) is 18.4 Å². The van der Waals surface area contributed by atoms with Crippen LogP contribution in [-0.4, -0.2) is 34.2 Å². The van der Waals surface area contributed by atoms with Crippen LogP contribution in [0.15, 0.2) is 30.5 Å². The highest BCUT2D eigenvalue weighted by atomic mass is 16.4. The average Bonchev–Trinajstić information content (AvgIpc) is 2.54. The maximum absolute atomic E-state index is 10.9. The number of nitrogens with zero attached hydrogens (tertiary/aromatic N) is 2. The molecule has 1 aliphatic heterocycles. The Hall–Kier alpha value is -2.74. The number of carboxylic acid groups (broad SMARTS) is 1. The van der Waals surface area contributed by atoms with Crippen molar-refractivity contribution in [2.75, 3.05) is 18.8 Å². The van der Waals surface area contributed by atoms with E-state index in [9.17, 15) is 4.79 Å². The molecule has 22 heavy (non-hydrogen) atoms. The minimum absolute atomic E-state index is 0.203. The number of nitrogen functional groups attached to an aromatic ring is 1. The van der Waals surface area contributed by atoms with Crippen molar-refractivity contribution in [3.05, 3.63) is 36.0 Å². The molecule has 0 bridgehead atoms. The topological polar surface area (TPSA) is 79.5 Å². The Kier molecular flexibility index (Phi) is 3.84. The van der Waals surface area contributed by atoms with Crippen molar-refractivity contribution < 1.29 is 9.90 Å². The molecule has 0 unspecified atom stereocenters. The van der Waals surface area contributed by atoms with E-state index in [0.717, 1.165) is 29.2 Å². The monoisotopic (exact) mass is 295 g/mol. The summed E-state index contributed by atoms with van der Waals surface area (Å²) < 4.78 is 0. The Morgan fingerprint density at radius 3 is 2.77 bits per heavy atom. The zero-order valence-electron chi connectivity index (χ0n) is 12.1. The van der Waals surface area contributed by atoms with Crippen molar-refractivity contribution >= 4 is 22.7 Å². The summed E-state index contributed by atoms with van der Waals surface area (Å²) in [5.74, 6) is 7.05. The molecule has 2 aromatic rings. The molecular weight excluding hydrogens is 278 g/mol. The van der Waals surface area contributed by atoms with Gasteiger partial charge in [0.2, 0.25) is 0 Å². The van der Waals surface area contributed by atoms with Crippen LogP contribution in [0.3, 0.4) is 0 Å². The van der Waals surface area contributed by atoms with Gasteiger partial charge < -0.3 is 15.7 Å². The first-order valence-corrected chi connectivity index (χ1v) is 7.28. The molecule has 5 heteroatoms. The number of nitrogens with two attached hydrogens (primary N) is 1. The highest BCUT2D eigenvalue weighted by molar-refractivity contribution is 5.90. The summed E-state index contributed by atoms with van der Waals surface area (Å²) in [6.07, 6.45) is 2.42. The molecule has 2 heterocycles. The quantitative estimate of drug-likeness (QED) is 0.732. The molecule has 1 amide bonds. The van der Waals surface area contributed by atoms with Crippen molar-refractivity contribution in [3.8, 4) is 11.8 Å². The molecule has 3 N–H and O–H groups in total. The lowest BCUT2D eigenvalue weighted by molar-refractivity contribution is 0.130. The number of aromatic nitrogens is 1. The summed E-state index contributed by atoms with van der Waals surface area (Å²) in [6, 6.07) is 7.89. The van der Waals surface area contributed by atoms with E-state index in [-0.39, 0.29) is 5.92 Å². The highest BCUT2D eigenvalue weighted by Crippen LogP contribution is 2.22. The number of rotatable bonds is 0. The molecule has 1 aromatic carbocycles. The predicted octanol–water partition coefficient (Wildman–Crippen LogP) is 2.56. The van der Waals surface area contributed by atoms with Crippen molar-refractivity contribution in [3.63, 3.8) is 0 Å². The number of likely N-dealkylation sites (tertiary alicyclic amines) is 1. The molecule has 0 atom stereocenters. The molecule has 0 saturated carbocycles. The third kappa shape index (κ3) is 2.82. The minimum atomic E-state index is -0.853. The van der Waals surface area contributed by atoms with Gasteiger partial charge in [-0.25, -0.2) is 9.78 Å². The largest absolute Gasteiger partial charge is 0.465 e. The summed E-state index contributed by atoms with van der Waals surface area (Å²) in [6.45, 7) is 1.08. The van der Waals surface area contributed by atoms with E-state index in [1.807, 2.05) is 24.3 Å². The number of fused-ring (bicyclic) bond motifs is 1. The first-order valence-electron chi connectivity index (χ1n) is 7.28. The van der Waals surface area contributed by atoms with Gasteiger partial charge in [-0.2, -0.15) is 0 Å². The lowest BCUT2D eigenvalue weighted by Gasteiger charge is -2.27. The van der Waals surface area contributed by atoms with Gasteiger partial charge in [-0.3, -0.25) is 0 Å². The van der Waals surface area contributed by atoms with Crippen molar-refractivity contribution in [2.45, 2.75) is 12.8 Å². The van der Waals surface area contributed by atoms with Gasteiger partial charge in [-0.1, -0.05) is 36.1 Å².